The summed E-state index contributed by atoms with van der Waals surface area (Å²) in [4.78, 5) is 10.2. The van der Waals surface area contributed by atoms with E-state index in [1.54, 1.807) is 0 Å². The number of carboxylic acids is 1. The highest BCUT2D eigenvalue weighted by atomic mass is 35.5. The first-order valence-electron chi connectivity index (χ1n) is 3.89. The third-order valence-electron chi connectivity index (χ3n) is 1.77. The zero-order valence-corrected chi connectivity index (χ0v) is 7.69. The Kier molecular flexibility index (Phi) is 5.76. The Morgan fingerprint density at radius 3 is 2.92 bits per heavy atom. The lowest BCUT2D eigenvalue weighted by molar-refractivity contribution is -0.136. The van der Waals surface area contributed by atoms with Gasteiger partial charge in [0.1, 0.15) is 0 Å². The number of aliphatic carboxylic acids is 1. The molecule has 0 aromatic carbocycles. The first-order valence-corrected chi connectivity index (χ1v) is 3.89. The molecule has 0 amide bonds. The summed E-state index contributed by atoms with van der Waals surface area (Å²) in [7, 11) is 0. The van der Waals surface area contributed by atoms with Crippen LogP contribution in [0, 0.1) is 0 Å². The van der Waals surface area contributed by atoms with Crippen molar-refractivity contribution in [3.8, 4) is 0 Å². The number of rotatable bonds is 2. The van der Waals surface area contributed by atoms with Gasteiger partial charge in [0.2, 0.25) is 0 Å². The fourth-order valence-electron chi connectivity index (χ4n) is 1.18. The Morgan fingerprint density at radius 2 is 2.42 bits per heavy atom. The van der Waals surface area contributed by atoms with E-state index in [-0.39, 0.29) is 18.8 Å². The monoisotopic (exact) mass is 191 g/mol. The summed E-state index contributed by atoms with van der Waals surface area (Å²) in [6.45, 7) is 1.93. The van der Waals surface area contributed by atoms with Crippen LogP contribution in [0.1, 0.15) is 19.3 Å². The lowest BCUT2D eigenvalue weighted by Crippen LogP contribution is -2.23. The van der Waals surface area contributed by atoms with Crippen molar-refractivity contribution < 1.29 is 9.90 Å². The molecule has 1 aliphatic rings. The van der Waals surface area contributed by atoms with Gasteiger partial charge >= 0.3 is 5.97 Å². The van der Waals surface area contributed by atoms with Gasteiger partial charge in [0.25, 0.3) is 0 Å². The smallest absolute Gasteiger partial charge is 0.307 e. The summed E-state index contributed by atoms with van der Waals surface area (Å²) >= 11 is 0. The summed E-state index contributed by atoms with van der Waals surface area (Å²) in [6, 6.07) is 0. The number of hydrogen-bond acceptors (Lipinski definition) is 2. The van der Waals surface area contributed by atoms with Crippen molar-refractivity contribution in [3.63, 3.8) is 0 Å². The van der Waals surface area contributed by atoms with Gasteiger partial charge in [-0.25, -0.2) is 0 Å². The predicted octanol–water partition coefficient (Wildman–Crippen LogP) is 1.19. The van der Waals surface area contributed by atoms with Crippen LogP contribution >= 0.6 is 12.4 Å². The highest BCUT2D eigenvalue weighted by Crippen LogP contribution is 2.08. The molecule has 1 aliphatic heterocycles. The van der Waals surface area contributed by atoms with Crippen molar-refractivity contribution in [3.05, 3.63) is 11.6 Å². The first-order chi connectivity index (χ1) is 5.29. The van der Waals surface area contributed by atoms with Crippen LogP contribution in [0.15, 0.2) is 11.6 Å². The summed E-state index contributed by atoms with van der Waals surface area (Å²) in [5, 5.41) is 11.6. The predicted molar refractivity (Wildman–Crippen MR) is 49.7 cm³/mol. The second-order valence-corrected chi connectivity index (χ2v) is 2.74. The van der Waals surface area contributed by atoms with Crippen molar-refractivity contribution in [2.75, 3.05) is 13.1 Å². The molecule has 0 radical (unpaired) electrons. The van der Waals surface area contributed by atoms with E-state index < -0.39 is 5.97 Å². The maximum Gasteiger partial charge on any atom is 0.307 e. The Bertz CT molecular complexity index is 172. The van der Waals surface area contributed by atoms with E-state index in [1.807, 2.05) is 6.08 Å². The molecule has 0 aromatic rings. The van der Waals surface area contributed by atoms with Gasteiger partial charge in [-0.1, -0.05) is 11.6 Å². The quantitative estimate of drug-likeness (QED) is 0.645. The van der Waals surface area contributed by atoms with Gasteiger partial charge in [-0.2, -0.15) is 0 Å². The molecule has 0 aliphatic carbocycles. The number of halogens is 1. The minimum absolute atomic E-state index is 0. The standard InChI is InChI=1S/C8H13NO2.ClH/c10-8(11)4-3-7-2-1-5-9-6-7;/h3,9H,1-2,4-6H2,(H,10,11);1H/b7-3-;. The van der Waals surface area contributed by atoms with Crippen molar-refractivity contribution in [1.82, 2.24) is 5.32 Å². The lowest BCUT2D eigenvalue weighted by Gasteiger charge is -2.14. The molecule has 1 saturated heterocycles. The molecule has 70 valence electrons. The largest absolute Gasteiger partial charge is 0.481 e. The second kappa shape index (κ2) is 6.03. The fourth-order valence-corrected chi connectivity index (χ4v) is 1.18. The van der Waals surface area contributed by atoms with Crippen LogP contribution in [-0.4, -0.2) is 24.2 Å². The van der Waals surface area contributed by atoms with E-state index in [0.717, 1.165) is 25.9 Å². The second-order valence-electron chi connectivity index (χ2n) is 2.74. The van der Waals surface area contributed by atoms with E-state index >= 15 is 0 Å². The van der Waals surface area contributed by atoms with Crippen molar-refractivity contribution in [2.45, 2.75) is 19.3 Å². The number of nitrogens with one attached hydrogen (secondary N) is 1. The lowest BCUT2D eigenvalue weighted by atomic mass is 10.1. The maximum atomic E-state index is 10.2. The Morgan fingerprint density at radius 1 is 1.67 bits per heavy atom. The number of hydrogen-bond donors (Lipinski definition) is 2. The zero-order valence-electron chi connectivity index (χ0n) is 6.88. The molecule has 0 atom stereocenters. The van der Waals surface area contributed by atoms with E-state index in [2.05, 4.69) is 5.32 Å². The van der Waals surface area contributed by atoms with Gasteiger partial charge in [0.15, 0.2) is 0 Å². The molecule has 12 heavy (non-hydrogen) atoms. The Labute approximate surface area is 78.3 Å². The van der Waals surface area contributed by atoms with Crippen LogP contribution in [0.2, 0.25) is 0 Å². The molecule has 0 unspecified atom stereocenters. The van der Waals surface area contributed by atoms with Gasteiger partial charge in [-0.15, -0.1) is 12.4 Å². The van der Waals surface area contributed by atoms with Gasteiger partial charge in [-0.05, 0) is 19.4 Å². The SMILES string of the molecule is Cl.O=C(O)C/C=C1/CCCNC1. The average Bonchev–Trinajstić information content (AvgIpc) is 2.03. The topological polar surface area (TPSA) is 49.3 Å². The molecule has 1 fully saturated rings. The van der Waals surface area contributed by atoms with Crippen molar-refractivity contribution >= 4 is 18.4 Å². The van der Waals surface area contributed by atoms with Gasteiger partial charge in [0.05, 0.1) is 6.42 Å². The summed E-state index contributed by atoms with van der Waals surface area (Å²) in [6.07, 6.45) is 4.16. The normalized spacial score (nSPS) is 20.2. The van der Waals surface area contributed by atoms with Crippen LogP contribution in [0.5, 0.6) is 0 Å². The van der Waals surface area contributed by atoms with Gasteiger partial charge < -0.3 is 10.4 Å². The molecule has 0 saturated carbocycles. The molecular formula is C8H14ClNO2. The van der Waals surface area contributed by atoms with E-state index in [1.165, 1.54) is 5.57 Å². The van der Waals surface area contributed by atoms with E-state index in [4.69, 9.17) is 5.11 Å². The van der Waals surface area contributed by atoms with Gasteiger partial charge in [-0.3, -0.25) is 4.79 Å². The molecule has 1 heterocycles. The molecule has 0 spiro atoms. The highest BCUT2D eigenvalue weighted by molar-refractivity contribution is 5.85. The minimum Gasteiger partial charge on any atom is -0.481 e. The van der Waals surface area contributed by atoms with Crippen LogP contribution in [0.3, 0.4) is 0 Å². The van der Waals surface area contributed by atoms with Crippen LogP contribution in [0.4, 0.5) is 0 Å². The van der Waals surface area contributed by atoms with Crippen LogP contribution < -0.4 is 5.32 Å². The van der Waals surface area contributed by atoms with Gasteiger partial charge in [0, 0.05) is 6.54 Å². The molecule has 4 heteroatoms. The summed E-state index contributed by atoms with van der Waals surface area (Å²) < 4.78 is 0. The fraction of sp³-hybridized carbons (Fsp3) is 0.625. The molecule has 0 aromatic heterocycles. The van der Waals surface area contributed by atoms with E-state index in [9.17, 15) is 4.79 Å². The minimum atomic E-state index is -0.747. The Balaban J connectivity index is 0.00000121. The van der Waals surface area contributed by atoms with Crippen LogP contribution in [0.25, 0.3) is 0 Å². The Hall–Kier alpha value is -0.540. The molecule has 3 nitrogen and oxygen atoms in total. The molecule has 0 bridgehead atoms. The molecule has 2 N–H and O–H groups in total. The molecule has 1 rings (SSSR count). The third-order valence-corrected chi connectivity index (χ3v) is 1.77. The van der Waals surface area contributed by atoms with Crippen LogP contribution in [-0.2, 0) is 4.79 Å². The first kappa shape index (κ1) is 11.5. The van der Waals surface area contributed by atoms with Crippen molar-refractivity contribution in [2.24, 2.45) is 0 Å². The number of carbonyl (C=O) groups is 1. The molecular weight excluding hydrogens is 178 g/mol. The maximum absolute atomic E-state index is 10.2. The summed E-state index contributed by atoms with van der Waals surface area (Å²) in [5.41, 5.74) is 1.23. The summed E-state index contributed by atoms with van der Waals surface area (Å²) in [5.74, 6) is -0.747. The third kappa shape index (κ3) is 4.36. The number of carboxylic acid groups (broad SMARTS) is 1. The number of piperidine rings is 1. The zero-order chi connectivity index (χ0) is 8.10. The average molecular weight is 192 g/mol. The highest BCUT2D eigenvalue weighted by Gasteiger charge is 2.03. The van der Waals surface area contributed by atoms with E-state index in [0.29, 0.717) is 0 Å². The van der Waals surface area contributed by atoms with Crippen molar-refractivity contribution in [1.29, 1.82) is 0 Å².